The smallest absolute Gasteiger partial charge is 0 e. The zero-order valence-electron chi connectivity index (χ0n) is 8.59. The van der Waals surface area contributed by atoms with E-state index in [0.29, 0.717) is 0 Å². The van der Waals surface area contributed by atoms with Crippen LogP contribution >= 0.6 is 15.9 Å². The molecule has 92 valence electrons. The minimum absolute atomic E-state index is 0. The van der Waals surface area contributed by atoms with Crippen molar-refractivity contribution in [2.45, 2.75) is 12.5 Å². The summed E-state index contributed by atoms with van der Waals surface area (Å²) in [5.74, 6) is 0. The SMILES string of the molecule is C=CC(=C)[C@@H]1CC(Br)=NO1.[C-]#[O+].[C-]#[O+].[C-]#[O+].[Fe]. The number of nitrogens with zero attached hydrogens (tertiary/aromatic N) is 1. The molecule has 0 unspecified atom stereocenters. The van der Waals surface area contributed by atoms with Gasteiger partial charge in [-0.15, -0.1) is 0 Å². The van der Waals surface area contributed by atoms with E-state index in [0.717, 1.165) is 16.6 Å². The Morgan fingerprint density at radius 3 is 2.00 bits per heavy atom. The number of halogens is 1. The van der Waals surface area contributed by atoms with Crippen LogP contribution in [0, 0.1) is 20.0 Å². The molecule has 7 heteroatoms. The van der Waals surface area contributed by atoms with Gasteiger partial charge in [0.05, 0.1) is 0 Å². The molecule has 0 aromatic carbocycles. The zero-order chi connectivity index (χ0) is 13.6. The summed E-state index contributed by atoms with van der Waals surface area (Å²) in [5, 5.41) is 3.71. The van der Waals surface area contributed by atoms with Crippen LogP contribution in [0.2, 0.25) is 0 Å². The monoisotopic (exact) mass is 341 g/mol. The van der Waals surface area contributed by atoms with Crippen molar-refractivity contribution in [2.24, 2.45) is 5.16 Å². The average Bonchev–Trinajstić information content (AvgIpc) is 2.82. The van der Waals surface area contributed by atoms with Gasteiger partial charge in [0.2, 0.25) is 0 Å². The van der Waals surface area contributed by atoms with Crippen molar-refractivity contribution in [1.29, 1.82) is 0 Å². The molecular weight excluding hydrogens is 334 g/mol. The van der Waals surface area contributed by atoms with Gasteiger partial charge in [0.1, 0.15) is 4.62 Å². The zero-order valence-corrected chi connectivity index (χ0v) is 11.3. The van der Waals surface area contributed by atoms with Crippen LogP contribution in [-0.4, -0.2) is 10.7 Å². The van der Waals surface area contributed by atoms with Gasteiger partial charge in [0.15, 0.2) is 6.10 Å². The molecule has 0 aliphatic carbocycles. The summed E-state index contributed by atoms with van der Waals surface area (Å²) in [7, 11) is 0. The second kappa shape index (κ2) is 20.6. The van der Waals surface area contributed by atoms with E-state index in [-0.39, 0.29) is 23.2 Å². The van der Waals surface area contributed by atoms with Crippen LogP contribution in [0.4, 0.5) is 0 Å². The van der Waals surface area contributed by atoms with E-state index in [4.69, 9.17) is 18.8 Å². The summed E-state index contributed by atoms with van der Waals surface area (Å²) in [6.45, 7) is 20.8. The summed E-state index contributed by atoms with van der Waals surface area (Å²) >= 11 is 3.23. The molecule has 5 nitrogen and oxygen atoms in total. The molecule has 0 aromatic rings. The second-order valence-corrected chi connectivity index (χ2v) is 2.96. The molecule has 0 N–H and O–H groups in total. The Balaban J connectivity index is -0.000000106. The fraction of sp³-hybridized carbons (Fsp3) is 0.200. The minimum Gasteiger partial charge on any atom is 0 e. The van der Waals surface area contributed by atoms with E-state index >= 15 is 0 Å². The molecule has 0 fully saturated rings. The third-order valence-corrected chi connectivity index (χ3v) is 1.78. The molecule has 1 heterocycles. The molecule has 0 amide bonds. The Hall–Kier alpha value is -0.831. The van der Waals surface area contributed by atoms with Crippen LogP contribution in [0.3, 0.4) is 0 Å². The number of rotatable bonds is 2. The maximum absolute atomic E-state index is 7.50. The van der Waals surface area contributed by atoms with Crippen LogP contribution in [0.5, 0.6) is 0 Å². The van der Waals surface area contributed by atoms with Gasteiger partial charge in [0.25, 0.3) is 0 Å². The first kappa shape index (κ1) is 25.1. The van der Waals surface area contributed by atoms with E-state index in [1.54, 1.807) is 6.08 Å². The van der Waals surface area contributed by atoms with Crippen molar-refractivity contribution in [2.75, 3.05) is 0 Å². The Bertz CT molecular complexity index is 295. The molecule has 0 spiro atoms. The van der Waals surface area contributed by atoms with Crippen molar-refractivity contribution >= 4 is 20.6 Å². The van der Waals surface area contributed by atoms with Gasteiger partial charge < -0.3 is 4.84 Å². The summed E-state index contributed by atoms with van der Waals surface area (Å²) in [4.78, 5) is 4.99. The fourth-order valence-electron chi connectivity index (χ4n) is 0.679. The Morgan fingerprint density at radius 2 is 1.76 bits per heavy atom. The van der Waals surface area contributed by atoms with E-state index in [9.17, 15) is 0 Å². The van der Waals surface area contributed by atoms with E-state index in [1.165, 1.54) is 0 Å². The predicted octanol–water partition coefficient (Wildman–Crippen LogP) is 2.11. The van der Waals surface area contributed by atoms with Gasteiger partial charge in [-0.1, -0.05) is 24.4 Å². The van der Waals surface area contributed by atoms with Crippen LogP contribution in [0.15, 0.2) is 30.0 Å². The average molecular weight is 342 g/mol. The maximum Gasteiger partial charge on any atom is 0 e. The van der Waals surface area contributed by atoms with Gasteiger partial charge in [-0.25, -0.2) is 0 Å². The predicted molar refractivity (Wildman–Crippen MR) is 57.0 cm³/mol. The molecular formula is C10H8BrFeNO4. The third-order valence-electron chi connectivity index (χ3n) is 1.31. The first-order chi connectivity index (χ1) is 7.74. The Kier molecular flexibility index (Phi) is 30.4. The standard InChI is InChI=1S/C7H8BrNO.3CO.Fe/c1-3-5(2)6-4-7(8)9-10-6;3*1-2;/h3,6H,1-2,4H2;;;;/t6-;;;;/m0..../s1. The van der Waals surface area contributed by atoms with Crippen molar-refractivity contribution in [3.63, 3.8) is 0 Å². The van der Waals surface area contributed by atoms with Gasteiger partial charge in [-0.3, -0.25) is 0 Å². The molecule has 0 saturated carbocycles. The Labute approximate surface area is 119 Å². The first-order valence-electron chi connectivity index (χ1n) is 3.54. The molecule has 17 heavy (non-hydrogen) atoms. The van der Waals surface area contributed by atoms with Crippen molar-refractivity contribution in [3.05, 3.63) is 44.8 Å². The summed E-state index contributed by atoms with van der Waals surface area (Å²) in [5.41, 5.74) is 0.873. The number of oxime groups is 1. The second-order valence-electron chi connectivity index (χ2n) is 2.04. The van der Waals surface area contributed by atoms with Gasteiger partial charge in [-0.2, -0.15) is 0 Å². The topological polar surface area (TPSA) is 81.3 Å². The van der Waals surface area contributed by atoms with E-state index < -0.39 is 0 Å². The molecule has 1 aliphatic heterocycles. The Morgan fingerprint density at radius 1 is 1.35 bits per heavy atom. The molecule has 1 rings (SSSR count). The number of hydrogen-bond donors (Lipinski definition) is 0. The number of hydrogen-bond acceptors (Lipinski definition) is 2. The fourth-order valence-corrected chi connectivity index (χ4v) is 1.06. The summed E-state index contributed by atoms with van der Waals surface area (Å²) in [6.07, 6.45) is 2.45. The van der Waals surface area contributed by atoms with Gasteiger partial charge in [0, 0.05) is 23.5 Å². The van der Waals surface area contributed by atoms with Crippen LogP contribution in [-0.2, 0) is 35.9 Å². The molecule has 1 atom stereocenters. The molecule has 0 radical (unpaired) electrons. The quantitative estimate of drug-likeness (QED) is 0.328. The summed E-state index contributed by atoms with van der Waals surface area (Å²) < 4.78 is 23.3. The van der Waals surface area contributed by atoms with Crippen molar-refractivity contribution in [3.8, 4) is 0 Å². The maximum atomic E-state index is 7.50. The molecule has 0 aromatic heterocycles. The summed E-state index contributed by atoms with van der Waals surface area (Å²) in [6, 6.07) is 0. The first-order valence-corrected chi connectivity index (χ1v) is 4.34. The van der Waals surface area contributed by atoms with Crippen LogP contribution in [0.25, 0.3) is 0 Å². The van der Waals surface area contributed by atoms with Gasteiger partial charge >= 0.3 is 33.9 Å². The van der Waals surface area contributed by atoms with Crippen molar-refractivity contribution < 1.29 is 35.9 Å². The van der Waals surface area contributed by atoms with Crippen LogP contribution < -0.4 is 0 Å². The van der Waals surface area contributed by atoms with E-state index in [2.05, 4.69) is 54.2 Å². The van der Waals surface area contributed by atoms with Gasteiger partial charge in [-0.05, 0) is 21.5 Å². The normalized spacial score (nSPS) is 14.1. The third kappa shape index (κ3) is 13.1. The molecule has 1 aliphatic rings. The molecule has 0 bridgehead atoms. The van der Waals surface area contributed by atoms with E-state index in [1.807, 2.05) is 0 Å². The van der Waals surface area contributed by atoms with Crippen molar-refractivity contribution in [1.82, 2.24) is 0 Å². The molecule has 0 saturated heterocycles. The minimum atomic E-state index is -0.00752. The largest absolute Gasteiger partial charge is 0 e. The van der Waals surface area contributed by atoms with Crippen LogP contribution in [0.1, 0.15) is 6.42 Å².